The highest BCUT2D eigenvalue weighted by Gasteiger charge is 2.43. The smallest absolute Gasteiger partial charge is 0.186 e. The highest BCUT2D eigenvalue weighted by atomic mass is 16.7. The standard InChI is InChI=1S/C18H35N3O11/c19-21-20-1-2-26-3-4-27-5-6-28-7-8-29-9-10-30-11-12-31-18-17(25)16(24)15(23)14(13-22)32-18/h14-18,22-25H,1-13H2/t14-,15-,16+,17+,18+/m1/s1. The zero-order valence-electron chi connectivity index (χ0n) is 18.1. The molecule has 0 aromatic heterocycles. The molecule has 0 radical (unpaired) electrons. The average molecular weight is 469 g/mol. The van der Waals surface area contributed by atoms with Gasteiger partial charge in [-0.15, -0.1) is 0 Å². The molecule has 14 heteroatoms. The lowest BCUT2D eigenvalue weighted by molar-refractivity contribution is -0.302. The number of nitrogens with zero attached hydrogens (tertiary/aromatic N) is 3. The molecule has 0 aliphatic carbocycles. The number of rotatable bonds is 20. The molecular formula is C18H35N3O11. The second-order valence-electron chi connectivity index (χ2n) is 6.58. The minimum Gasteiger partial charge on any atom is -0.394 e. The van der Waals surface area contributed by atoms with Crippen molar-refractivity contribution in [2.75, 3.05) is 85.8 Å². The maximum atomic E-state index is 9.83. The fraction of sp³-hybridized carbons (Fsp3) is 1.00. The summed E-state index contributed by atoms with van der Waals surface area (Å²) in [6, 6.07) is 0. The summed E-state index contributed by atoms with van der Waals surface area (Å²) in [5, 5.41) is 41.7. The SMILES string of the molecule is [N-]=[N+]=NCCOCCOCCOCCOCCOCCO[C@H]1O[C@H](CO)[C@@H](O)[C@H](O)[C@@H]1O. The summed E-state index contributed by atoms with van der Waals surface area (Å²) in [6.07, 6.45) is -6.48. The average Bonchev–Trinajstić information content (AvgIpc) is 2.80. The van der Waals surface area contributed by atoms with E-state index in [4.69, 9.17) is 43.8 Å². The van der Waals surface area contributed by atoms with E-state index in [1.54, 1.807) is 0 Å². The van der Waals surface area contributed by atoms with Gasteiger partial charge in [0.15, 0.2) is 6.29 Å². The van der Waals surface area contributed by atoms with Crippen LogP contribution in [0.25, 0.3) is 10.4 Å². The van der Waals surface area contributed by atoms with E-state index in [9.17, 15) is 15.3 Å². The van der Waals surface area contributed by atoms with Crippen molar-refractivity contribution in [1.29, 1.82) is 0 Å². The Morgan fingerprint density at radius 3 is 1.62 bits per heavy atom. The van der Waals surface area contributed by atoms with E-state index >= 15 is 0 Å². The van der Waals surface area contributed by atoms with Gasteiger partial charge in [0, 0.05) is 11.5 Å². The Balaban J connectivity index is 1.83. The van der Waals surface area contributed by atoms with Crippen molar-refractivity contribution in [1.82, 2.24) is 0 Å². The topological polar surface area (TPSA) is 194 Å². The Hall–Kier alpha value is -1.13. The summed E-state index contributed by atoms with van der Waals surface area (Å²) in [6.45, 7) is 3.75. The summed E-state index contributed by atoms with van der Waals surface area (Å²) in [5.41, 5.74) is 8.09. The van der Waals surface area contributed by atoms with Crippen molar-refractivity contribution < 1.29 is 53.6 Å². The van der Waals surface area contributed by atoms with Crippen LogP contribution in [0.4, 0.5) is 0 Å². The molecule has 1 heterocycles. The van der Waals surface area contributed by atoms with Crippen molar-refractivity contribution in [2.24, 2.45) is 5.11 Å². The van der Waals surface area contributed by atoms with Crippen LogP contribution in [0.3, 0.4) is 0 Å². The van der Waals surface area contributed by atoms with Crippen LogP contribution >= 0.6 is 0 Å². The van der Waals surface area contributed by atoms with E-state index < -0.39 is 37.3 Å². The van der Waals surface area contributed by atoms with Crippen molar-refractivity contribution >= 4 is 0 Å². The second kappa shape index (κ2) is 19.3. The largest absolute Gasteiger partial charge is 0.394 e. The molecule has 1 saturated heterocycles. The molecule has 0 bridgehead atoms. The van der Waals surface area contributed by atoms with E-state index in [-0.39, 0.29) is 13.2 Å². The van der Waals surface area contributed by atoms with Crippen LogP contribution in [0.2, 0.25) is 0 Å². The van der Waals surface area contributed by atoms with Gasteiger partial charge < -0.3 is 53.6 Å². The van der Waals surface area contributed by atoms with E-state index in [2.05, 4.69) is 10.0 Å². The molecule has 1 aliphatic rings. The molecule has 0 saturated carbocycles. The van der Waals surface area contributed by atoms with Gasteiger partial charge in [0.1, 0.15) is 24.4 Å². The minimum atomic E-state index is -1.47. The van der Waals surface area contributed by atoms with Gasteiger partial charge >= 0.3 is 0 Å². The molecule has 0 aromatic carbocycles. The lowest BCUT2D eigenvalue weighted by Crippen LogP contribution is -2.59. The van der Waals surface area contributed by atoms with Crippen LogP contribution in [0.15, 0.2) is 5.11 Å². The third kappa shape index (κ3) is 12.8. The summed E-state index contributed by atoms with van der Waals surface area (Å²) in [5.74, 6) is 0. The van der Waals surface area contributed by atoms with Gasteiger partial charge in [0.2, 0.25) is 0 Å². The maximum Gasteiger partial charge on any atom is 0.186 e. The molecular weight excluding hydrogens is 434 g/mol. The number of azide groups is 1. The number of aliphatic hydroxyl groups is 4. The molecule has 0 amide bonds. The Labute approximate surface area is 186 Å². The number of hydrogen-bond acceptors (Lipinski definition) is 12. The molecule has 1 rings (SSSR count). The third-order valence-electron chi connectivity index (χ3n) is 4.25. The van der Waals surface area contributed by atoms with Gasteiger partial charge in [-0.3, -0.25) is 0 Å². The first-order valence-electron chi connectivity index (χ1n) is 10.4. The molecule has 1 fully saturated rings. The predicted octanol–water partition coefficient (Wildman–Crippen LogP) is -1.80. The molecule has 14 nitrogen and oxygen atoms in total. The van der Waals surface area contributed by atoms with Gasteiger partial charge in [-0.05, 0) is 5.53 Å². The van der Waals surface area contributed by atoms with Crippen LogP contribution in [0, 0.1) is 0 Å². The van der Waals surface area contributed by atoms with E-state index in [0.717, 1.165) is 0 Å². The summed E-state index contributed by atoms with van der Waals surface area (Å²) in [7, 11) is 0. The van der Waals surface area contributed by atoms with Gasteiger partial charge in [-0.25, -0.2) is 0 Å². The van der Waals surface area contributed by atoms with Crippen LogP contribution in [0.1, 0.15) is 0 Å². The molecule has 0 spiro atoms. The molecule has 1 aliphatic heterocycles. The van der Waals surface area contributed by atoms with Crippen molar-refractivity contribution in [3.05, 3.63) is 10.4 Å². The highest BCUT2D eigenvalue weighted by Crippen LogP contribution is 2.21. The molecule has 5 atom stereocenters. The molecule has 32 heavy (non-hydrogen) atoms. The summed E-state index contributed by atoms with van der Waals surface area (Å²) >= 11 is 0. The lowest BCUT2D eigenvalue weighted by atomic mass is 9.99. The molecule has 4 N–H and O–H groups in total. The fourth-order valence-corrected chi connectivity index (χ4v) is 2.56. The van der Waals surface area contributed by atoms with E-state index in [0.29, 0.717) is 66.0 Å². The third-order valence-corrected chi connectivity index (χ3v) is 4.25. The first kappa shape index (κ1) is 28.9. The second-order valence-corrected chi connectivity index (χ2v) is 6.58. The Morgan fingerprint density at radius 1 is 0.688 bits per heavy atom. The monoisotopic (exact) mass is 469 g/mol. The Kier molecular flexibility index (Phi) is 17.5. The van der Waals surface area contributed by atoms with Crippen molar-refractivity contribution in [3.63, 3.8) is 0 Å². The van der Waals surface area contributed by atoms with Crippen LogP contribution in [0.5, 0.6) is 0 Å². The molecule has 0 unspecified atom stereocenters. The van der Waals surface area contributed by atoms with Crippen molar-refractivity contribution in [2.45, 2.75) is 30.7 Å². The summed E-state index contributed by atoms with van der Waals surface area (Å²) < 4.78 is 37.0. The number of ether oxygens (including phenoxy) is 7. The quantitative estimate of drug-likeness (QED) is 0.0679. The normalized spacial score (nSPS) is 25.6. The van der Waals surface area contributed by atoms with E-state index in [1.807, 2.05) is 0 Å². The Morgan fingerprint density at radius 2 is 1.16 bits per heavy atom. The van der Waals surface area contributed by atoms with Gasteiger partial charge in [0.05, 0.1) is 79.3 Å². The molecule has 188 valence electrons. The van der Waals surface area contributed by atoms with Crippen LogP contribution < -0.4 is 0 Å². The summed E-state index contributed by atoms with van der Waals surface area (Å²) in [4.78, 5) is 2.62. The van der Waals surface area contributed by atoms with Gasteiger partial charge in [0.25, 0.3) is 0 Å². The maximum absolute atomic E-state index is 9.83. The number of hydrogen-bond donors (Lipinski definition) is 4. The Bertz CT molecular complexity index is 497. The lowest BCUT2D eigenvalue weighted by Gasteiger charge is -2.39. The first-order chi connectivity index (χ1) is 15.6. The predicted molar refractivity (Wildman–Crippen MR) is 108 cm³/mol. The van der Waals surface area contributed by atoms with E-state index in [1.165, 1.54) is 0 Å². The minimum absolute atomic E-state index is 0.0879. The molecule has 0 aromatic rings. The zero-order chi connectivity index (χ0) is 23.4. The zero-order valence-corrected chi connectivity index (χ0v) is 18.1. The van der Waals surface area contributed by atoms with Gasteiger partial charge in [-0.1, -0.05) is 5.11 Å². The first-order valence-corrected chi connectivity index (χ1v) is 10.4. The van der Waals surface area contributed by atoms with Gasteiger partial charge in [-0.2, -0.15) is 0 Å². The fourth-order valence-electron chi connectivity index (χ4n) is 2.56. The van der Waals surface area contributed by atoms with Crippen molar-refractivity contribution in [3.8, 4) is 0 Å². The number of aliphatic hydroxyl groups excluding tert-OH is 4. The van der Waals surface area contributed by atoms with Crippen LogP contribution in [-0.2, 0) is 33.2 Å². The highest BCUT2D eigenvalue weighted by molar-refractivity contribution is 4.88. The van der Waals surface area contributed by atoms with Crippen LogP contribution in [-0.4, -0.2) is 137 Å².